The highest BCUT2D eigenvalue weighted by Crippen LogP contribution is 2.30. The van der Waals surface area contributed by atoms with Gasteiger partial charge >= 0.3 is 0 Å². The number of aromatic nitrogens is 2. The number of ether oxygens (including phenoxy) is 1. The van der Waals surface area contributed by atoms with E-state index in [2.05, 4.69) is 10.2 Å². The highest BCUT2D eigenvalue weighted by atomic mass is 16.5. The summed E-state index contributed by atoms with van der Waals surface area (Å²) < 4.78 is 5.35. The number of para-hydroxylation sites is 1. The summed E-state index contributed by atoms with van der Waals surface area (Å²) in [6.45, 7) is 2.02. The van der Waals surface area contributed by atoms with Gasteiger partial charge in [-0.2, -0.15) is 5.10 Å². The van der Waals surface area contributed by atoms with E-state index in [1.54, 1.807) is 13.3 Å². The standard InChI is InChI=1S/C11H12N2O/c1-8-4-3-5-9(11(8)14-2)10-6-7-12-13-10/h3-7H,1-2H3,(H,12,13). The van der Waals surface area contributed by atoms with Crippen LogP contribution in [0.1, 0.15) is 5.56 Å². The summed E-state index contributed by atoms with van der Waals surface area (Å²) in [7, 11) is 1.68. The van der Waals surface area contributed by atoms with Crippen LogP contribution >= 0.6 is 0 Å². The summed E-state index contributed by atoms with van der Waals surface area (Å²) in [5, 5.41) is 6.92. The Labute approximate surface area is 82.7 Å². The van der Waals surface area contributed by atoms with Gasteiger partial charge in [-0.05, 0) is 24.6 Å². The van der Waals surface area contributed by atoms with Crippen LogP contribution in [0.3, 0.4) is 0 Å². The molecule has 0 unspecified atom stereocenters. The third-order valence-corrected chi connectivity index (χ3v) is 2.19. The minimum absolute atomic E-state index is 0.889. The van der Waals surface area contributed by atoms with Crippen LogP contribution in [-0.2, 0) is 0 Å². The SMILES string of the molecule is COc1c(C)cccc1-c1cc[nH]n1. The molecule has 1 aromatic carbocycles. The predicted molar refractivity (Wildman–Crippen MR) is 55.3 cm³/mol. The van der Waals surface area contributed by atoms with Crippen molar-refractivity contribution in [3.8, 4) is 17.0 Å². The topological polar surface area (TPSA) is 37.9 Å². The molecular weight excluding hydrogens is 176 g/mol. The lowest BCUT2D eigenvalue weighted by Gasteiger charge is -2.08. The van der Waals surface area contributed by atoms with Crippen LogP contribution in [-0.4, -0.2) is 17.3 Å². The first kappa shape index (κ1) is 8.81. The van der Waals surface area contributed by atoms with Gasteiger partial charge in [0.1, 0.15) is 5.75 Å². The summed E-state index contributed by atoms with van der Waals surface area (Å²) >= 11 is 0. The molecule has 14 heavy (non-hydrogen) atoms. The van der Waals surface area contributed by atoms with E-state index >= 15 is 0 Å². The average molecular weight is 188 g/mol. The molecule has 3 heteroatoms. The minimum Gasteiger partial charge on any atom is -0.496 e. The third-order valence-electron chi connectivity index (χ3n) is 2.19. The van der Waals surface area contributed by atoms with Gasteiger partial charge in [-0.1, -0.05) is 12.1 Å². The van der Waals surface area contributed by atoms with Crippen molar-refractivity contribution in [2.75, 3.05) is 7.11 Å². The van der Waals surface area contributed by atoms with Gasteiger partial charge in [0.2, 0.25) is 0 Å². The molecule has 1 aromatic heterocycles. The molecule has 0 aliphatic carbocycles. The van der Waals surface area contributed by atoms with Gasteiger partial charge in [0.25, 0.3) is 0 Å². The first-order valence-electron chi connectivity index (χ1n) is 4.46. The van der Waals surface area contributed by atoms with Crippen LogP contribution in [0.25, 0.3) is 11.3 Å². The molecule has 0 aliphatic heterocycles. The van der Waals surface area contributed by atoms with Crippen molar-refractivity contribution in [1.82, 2.24) is 10.2 Å². The molecule has 0 aliphatic rings. The lowest BCUT2D eigenvalue weighted by molar-refractivity contribution is 0.413. The van der Waals surface area contributed by atoms with Gasteiger partial charge in [0, 0.05) is 11.8 Å². The van der Waals surface area contributed by atoms with Crippen LogP contribution in [0.4, 0.5) is 0 Å². The Hall–Kier alpha value is -1.77. The number of rotatable bonds is 2. The summed E-state index contributed by atoms with van der Waals surface area (Å²) in [4.78, 5) is 0. The van der Waals surface area contributed by atoms with E-state index in [0.29, 0.717) is 0 Å². The molecule has 1 N–H and O–H groups in total. The van der Waals surface area contributed by atoms with Crippen molar-refractivity contribution in [2.24, 2.45) is 0 Å². The van der Waals surface area contributed by atoms with Crippen LogP contribution < -0.4 is 4.74 Å². The second-order valence-corrected chi connectivity index (χ2v) is 3.12. The number of benzene rings is 1. The van der Waals surface area contributed by atoms with Crippen molar-refractivity contribution >= 4 is 0 Å². The van der Waals surface area contributed by atoms with Gasteiger partial charge in [-0.25, -0.2) is 0 Å². The van der Waals surface area contributed by atoms with Crippen molar-refractivity contribution in [1.29, 1.82) is 0 Å². The van der Waals surface area contributed by atoms with E-state index < -0.39 is 0 Å². The molecule has 0 saturated heterocycles. The molecule has 3 nitrogen and oxygen atoms in total. The van der Waals surface area contributed by atoms with E-state index in [1.165, 1.54) is 0 Å². The maximum atomic E-state index is 5.35. The fourth-order valence-corrected chi connectivity index (χ4v) is 1.54. The molecule has 0 fully saturated rings. The predicted octanol–water partition coefficient (Wildman–Crippen LogP) is 2.39. The van der Waals surface area contributed by atoms with E-state index in [1.807, 2.05) is 31.2 Å². The highest BCUT2D eigenvalue weighted by molar-refractivity contribution is 5.68. The number of nitrogens with zero attached hydrogens (tertiary/aromatic N) is 1. The fourth-order valence-electron chi connectivity index (χ4n) is 1.54. The Morgan fingerprint density at radius 3 is 2.79 bits per heavy atom. The average Bonchev–Trinajstić information content (AvgIpc) is 2.70. The first-order chi connectivity index (χ1) is 6.83. The number of hydrogen-bond acceptors (Lipinski definition) is 2. The zero-order valence-corrected chi connectivity index (χ0v) is 8.24. The van der Waals surface area contributed by atoms with Crippen molar-refractivity contribution in [3.05, 3.63) is 36.0 Å². The van der Waals surface area contributed by atoms with Gasteiger partial charge in [0.05, 0.1) is 12.8 Å². The third kappa shape index (κ3) is 1.37. The van der Waals surface area contributed by atoms with Gasteiger partial charge in [-0.3, -0.25) is 5.10 Å². The summed E-state index contributed by atoms with van der Waals surface area (Å²) in [5.41, 5.74) is 3.05. The summed E-state index contributed by atoms with van der Waals surface area (Å²) in [6.07, 6.45) is 1.80. The van der Waals surface area contributed by atoms with E-state index in [-0.39, 0.29) is 0 Å². The number of hydrogen-bond donors (Lipinski definition) is 1. The lowest BCUT2D eigenvalue weighted by Crippen LogP contribution is -1.91. The second-order valence-electron chi connectivity index (χ2n) is 3.12. The number of methoxy groups -OCH3 is 1. The molecule has 72 valence electrons. The smallest absolute Gasteiger partial charge is 0.131 e. The van der Waals surface area contributed by atoms with E-state index in [4.69, 9.17) is 4.74 Å². The maximum Gasteiger partial charge on any atom is 0.131 e. The molecule has 0 spiro atoms. The van der Waals surface area contributed by atoms with Crippen LogP contribution in [0, 0.1) is 6.92 Å². The van der Waals surface area contributed by atoms with Gasteiger partial charge < -0.3 is 4.74 Å². The van der Waals surface area contributed by atoms with Crippen LogP contribution in [0.5, 0.6) is 5.75 Å². The zero-order valence-electron chi connectivity index (χ0n) is 8.24. The number of H-pyrrole nitrogens is 1. The molecule has 1 heterocycles. The number of aromatic amines is 1. The largest absolute Gasteiger partial charge is 0.496 e. The normalized spacial score (nSPS) is 10.1. The quantitative estimate of drug-likeness (QED) is 0.785. The monoisotopic (exact) mass is 188 g/mol. The summed E-state index contributed by atoms with van der Waals surface area (Å²) in [6, 6.07) is 7.95. The maximum absolute atomic E-state index is 5.35. The van der Waals surface area contributed by atoms with Crippen molar-refractivity contribution < 1.29 is 4.74 Å². The molecule has 2 aromatic rings. The molecule has 0 radical (unpaired) electrons. The molecule has 2 rings (SSSR count). The van der Waals surface area contributed by atoms with E-state index in [9.17, 15) is 0 Å². The second kappa shape index (κ2) is 3.54. The van der Waals surface area contributed by atoms with Crippen molar-refractivity contribution in [2.45, 2.75) is 6.92 Å². The highest BCUT2D eigenvalue weighted by Gasteiger charge is 2.08. The zero-order chi connectivity index (χ0) is 9.97. The Morgan fingerprint density at radius 1 is 1.29 bits per heavy atom. The Kier molecular flexibility index (Phi) is 2.23. The molecule has 0 saturated carbocycles. The Balaban J connectivity index is 2.58. The number of nitrogens with one attached hydrogen (secondary N) is 1. The minimum atomic E-state index is 0.889. The fraction of sp³-hybridized carbons (Fsp3) is 0.182. The van der Waals surface area contributed by atoms with E-state index in [0.717, 1.165) is 22.6 Å². The summed E-state index contributed by atoms with van der Waals surface area (Å²) in [5.74, 6) is 0.889. The number of aryl methyl sites for hydroxylation is 1. The lowest BCUT2D eigenvalue weighted by atomic mass is 10.1. The van der Waals surface area contributed by atoms with Crippen LogP contribution in [0.15, 0.2) is 30.5 Å². The van der Waals surface area contributed by atoms with Gasteiger partial charge in [0.15, 0.2) is 0 Å². The van der Waals surface area contributed by atoms with Crippen LogP contribution in [0.2, 0.25) is 0 Å². The van der Waals surface area contributed by atoms with Gasteiger partial charge in [-0.15, -0.1) is 0 Å². The Bertz CT molecular complexity index is 421. The molecule has 0 atom stereocenters. The molecule has 0 amide bonds. The molecule has 0 bridgehead atoms. The van der Waals surface area contributed by atoms with Crippen molar-refractivity contribution in [3.63, 3.8) is 0 Å². The Morgan fingerprint density at radius 2 is 2.14 bits per heavy atom. The first-order valence-corrected chi connectivity index (χ1v) is 4.46. The molecular formula is C11H12N2O.